The number of benzene rings is 2. The van der Waals surface area contributed by atoms with Crippen molar-refractivity contribution in [2.75, 3.05) is 38.1 Å². The number of hydrogen-bond acceptors (Lipinski definition) is 3. The first-order valence-electron chi connectivity index (χ1n) is 8.96. The third-order valence-electron chi connectivity index (χ3n) is 4.89. The van der Waals surface area contributed by atoms with Gasteiger partial charge in [0.2, 0.25) is 0 Å². The Morgan fingerprint density at radius 3 is 2.15 bits per heavy atom. The summed E-state index contributed by atoms with van der Waals surface area (Å²) < 4.78 is 0. The summed E-state index contributed by atoms with van der Waals surface area (Å²) in [7, 11) is 2.17. The molecule has 4 rings (SSSR count). The lowest BCUT2D eigenvalue weighted by molar-refractivity contribution is 0.312. The molecule has 0 N–H and O–H groups in total. The van der Waals surface area contributed by atoms with E-state index in [4.69, 9.17) is 16.6 Å². The number of rotatable bonds is 3. The van der Waals surface area contributed by atoms with Crippen LogP contribution in [0.2, 0.25) is 5.02 Å². The molecule has 1 aliphatic rings. The van der Waals surface area contributed by atoms with E-state index in [0.717, 1.165) is 48.3 Å². The van der Waals surface area contributed by atoms with Crippen LogP contribution >= 0.6 is 11.6 Å². The van der Waals surface area contributed by atoms with Crippen LogP contribution in [-0.4, -0.2) is 43.1 Å². The van der Waals surface area contributed by atoms with Crippen molar-refractivity contribution < 1.29 is 0 Å². The summed E-state index contributed by atoms with van der Waals surface area (Å²) >= 11 is 6.06. The zero-order valence-corrected chi connectivity index (χ0v) is 15.7. The Bertz CT molecular complexity index is 870. The molecular weight excluding hydrogens is 342 g/mol. The summed E-state index contributed by atoms with van der Waals surface area (Å²) in [4.78, 5) is 9.71. The fourth-order valence-corrected chi connectivity index (χ4v) is 3.41. The first-order chi connectivity index (χ1) is 12.7. The van der Waals surface area contributed by atoms with E-state index in [-0.39, 0.29) is 0 Å². The number of hydrogen-bond donors (Lipinski definition) is 0. The van der Waals surface area contributed by atoms with E-state index in [1.54, 1.807) is 0 Å². The Morgan fingerprint density at radius 2 is 1.46 bits per heavy atom. The molecule has 0 unspecified atom stereocenters. The predicted octanol–water partition coefficient (Wildman–Crippen LogP) is 4.82. The normalized spacial score (nSPS) is 15.2. The Morgan fingerprint density at radius 1 is 0.769 bits per heavy atom. The SMILES string of the molecule is CN1CCN(c2cc(-c3ccccc3)cc(-c3ccc(Cl)cc3)n2)CC1. The molecule has 3 nitrogen and oxygen atoms in total. The summed E-state index contributed by atoms with van der Waals surface area (Å²) in [6.07, 6.45) is 0. The maximum absolute atomic E-state index is 6.06. The van der Waals surface area contributed by atoms with Gasteiger partial charge in [-0.3, -0.25) is 0 Å². The zero-order chi connectivity index (χ0) is 17.9. The summed E-state index contributed by atoms with van der Waals surface area (Å²) in [5.41, 5.74) is 4.47. The Labute approximate surface area is 159 Å². The first-order valence-corrected chi connectivity index (χ1v) is 9.34. The zero-order valence-electron chi connectivity index (χ0n) is 14.9. The molecule has 3 aromatic rings. The van der Waals surface area contributed by atoms with E-state index >= 15 is 0 Å². The number of nitrogens with zero attached hydrogens (tertiary/aromatic N) is 3. The van der Waals surface area contributed by atoms with Gasteiger partial charge in [-0.25, -0.2) is 4.98 Å². The molecule has 0 radical (unpaired) electrons. The van der Waals surface area contributed by atoms with Gasteiger partial charge >= 0.3 is 0 Å². The van der Waals surface area contributed by atoms with E-state index in [2.05, 4.69) is 53.2 Å². The van der Waals surface area contributed by atoms with Crippen molar-refractivity contribution in [1.29, 1.82) is 0 Å². The van der Waals surface area contributed by atoms with Crippen molar-refractivity contribution >= 4 is 17.4 Å². The van der Waals surface area contributed by atoms with Crippen LogP contribution in [0.1, 0.15) is 0 Å². The minimum absolute atomic E-state index is 0.743. The molecule has 1 saturated heterocycles. The quantitative estimate of drug-likeness (QED) is 0.665. The van der Waals surface area contributed by atoms with Gasteiger partial charge in [0.05, 0.1) is 5.69 Å². The monoisotopic (exact) mass is 363 g/mol. The Kier molecular flexibility index (Phi) is 4.91. The molecule has 0 bridgehead atoms. The van der Waals surface area contributed by atoms with Crippen LogP contribution in [0.15, 0.2) is 66.7 Å². The minimum atomic E-state index is 0.743. The van der Waals surface area contributed by atoms with Crippen LogP contribution in [0.25, 0.3) is 22.4 Å². The fraction of sp³-hybridized carbons (Fsp3) is 0.227. The molecule has 1 fully saturated rings. The summed E-state index contributed by atoms with van der Waals surface area (Å²) in [5, 5.41) is 0.743. The maximum atomic E-state index is 6.06. The minimum Gasteiger partial charge on any atom is -0.354 e. The molecule has 0 saturated carbocycles. The number of aromatic nitrogens is 1. The number of halogens is 1. The summed E-state index contributed by atoms with van der Waals surface area (Å²) in [6.45, 7) is 4.13. The summed E-state index contributed by atoms with van der Waals surface area (Å²) in [5.74, 6) is 1.05. The smallest absolute Gasteiger partial charge is 0.129 e. The third-order valence-corrected chi connectivity index (χ3v) is 5.14. The van der Waals surface area contributed by atoms with E-state index in [9.17, 15) is 0 Å². The molecular formula is C22H22ClN3. The molecule has 0 amide bonds. The third kappa shape index (κ3) is 3.74. The Hall–Kier alpha value is -2.36. The van der Waals surface area contributed by atoms with Gasteiger partial charge in [0.15, 0.2) is 0 Å². The fourth-order valence-electron chi connectivity index (χ4n) is 3.28. The van der Waals surface area contributed by atoms with Crippen molar-refractivity contribution in [1.82, 2.24) is 9.88 Å². The highest BCUT2D eigenvalue weighted by atomic mass is 35.5. The second-order valence-corrected chi connectivity index (χ2v) is 7.20. The molecule has 0 spiro atoms. The van der Waals surface area contributed by atoms with Crippen LogP contribution in [0.4, 0.5) is 5.82 Å². The van der Waals surface area contributed by atoms with Gasteiger partial charge in [-0.2, -0.15) is 0 Å². The average Bonchev–Trinajstić information content (AvgIpc) is 2.69. The van der Waals surface area contributed by atoms with Gasteiger partial charge in [-0.15, -0.1) is 0 Å². The highest BCUT2D eigenvalue weighted by molar-refractivity contribution is 6.30. The van der Waals surface area contributed by atoms with E-state index < -0.39 is 0 Å². The van der Waals surface area contributed by atoms with Gasteiger partial charge < -0.3 is 9.80 Å². The van der Waals surface area contributed by atoms with E-state index in [0.29, 0.717) is 0 Å². The topological polar surface area (TPSA) is 19.4 Å². The van der Waals surface area contributed by atoms with Crippen molar-refractivity contribution in [3.63, 3.8) is 0 Å². The second kappa shape index (κ2) is 7.48. The first kappa shape index (κ1) is 17.1. The van der Waals surface area contributed by atoms with Gasteiger partial charge in [-0.05, 0) is 42.4 Å². The van der Waals surface area contributed by atoms with Crippen molar-refractivity contribution in [3.8, 4) is 22.4 Å². The summed E-state index contributed by atoms with van der Waals surface area (Å²) in [6, 6.07) is 22.8. The lowest BCUT2D eigenvalue weighted by Crippen LogP contribution is -2.44. The van der Waals surface area contributed by atoms with E-state index in [1.807, 2.05) is 30.3 Å². The molecule has 26 heavy (non-hydrogen) atoms. The van der Waals surface area contributed by atoms with E-state index in [1.165, 1.54) is 11.1 Å². The van der Waals surface area contributed by atoms with Crippen LogP contribution in [0.5, 0.6) is 0 Å². The van der Waals surface area contributed by atoms with Crippen LogP contribution in [-0.2, 0) is 0 Å². The molecule has 1 aliphatic heterocycles. The van der Waals surface area contributed by atoms with Gasteiger partial charge in [0, 0.05) is 36.8 Å². The van der Waals surface area contributed by atoms with Crippen LogP contribution in [0.3, 0.4) is 0 Å². The van der Waals surface area contributed by atoms with Crippen molar-refractivity contribution in [2.45, 2.75) is 0 Å². The predicted molar refractivity (Wildman–Crippen MR) is 110 cm³/mol. The average molecular weight is 364 g/mol. The largest absolute Gasteiger partial charge is 0.354 e. The lowest BCUT2D eigenvalue weighted by atomic mass is 10.0. The lowest BCUT2D eigenvalue weighted by Gasteiger charge is -2.33. The second-order valence-electron chi connectivity index (χ2n) is 6.76. The number of likely N-dealkylation sites (N-methyl/N-ethyl adjacent to an activating group) is 1. The molecule has 1 aromatic heterocycles. The molecule has 2 heterocycles. The number of pyridine rings is 1. The van der Waals surface area contributed by atoms with Crippen molar-refractivity contribution in [2.24, 2.45) is 0 Å². The highest BCUT2D eigenvalue weighted by Crippen LogP contribution is 2.30. The van der Waals surface area contributed by atoms with Gasteiger partial charge in [0.25, 0.3) is 0 Å². The van der Waals surface area contributed by atoms with Crippen molar-refractivity contribution in [3.05, 3.63) is 71.8 Å². The molecule has 4 heteroatoms. The molecule has 0 atom stereocenters. The number of piperazine rings is 1. The van der Waals surface area contributed by atoms with Crippen LogP contribution in [0, 0.1) is 0 Å². The molecule has 0 aliphatic carbocycles. The highest BCUT2D eigenvalue weighted by Gasteiger charge is 2.17. The Balaban J connectivity index is 1.78. The molecule has 132 valence electrons. The standard InChI is InChI=1S/C22H22ClN3/c1-25-11-13-26(14-12-25)22-16-19(17-5-3-2-4-6-17)15-21(24-22)18-7-9-20(23)10-8-18/h2-10,15-16H,11-14H2,1H3. The number of anilines is 1. The van der Waals surface area contributed by atoms with Crippen LogP contribution < -0.4 is 4.90 Å². The van der Waals surface area contributed by atoms with Gasteiger partial charge in [0.1, 0.15) is 5.82 Å². The van der Waals surface area contributed by atoms with Gasteiger partial charge in [-0.1, -0.05) is 54.1 Å². The maximum Gasteiger partial charge on any atom is 0.129 e. The molecule has 2 aromatic carbocycles.